The van der Waals surface area contributed by atoms with Gasteiger partial charge in [0.2, 0.25) is 0 Å². The van der Waals surface area contributed by atoms with Gasteiger partial charge in [-0.2, -0.15) is 4.98 Å². The molecule has 2 heterocycles. The van der Waals surface area contributed by atoms with Gasteiger partial charge in [-0.05, 0) is 51.0 Å². The quantitative estimate of drug-likeness (QED) is 0.828. The summed E-state index contributed by atoms with van der Waals surface area (Å²) in [6.45, 7) is 3.26. The van der Waals surface area contributed by atoms with Crippen LogP contribution >= 0.6 is 0 Å². The van der Waals surface area contributed by atoms with Crippen molar-refractivity contribution in [3.63, 3.8) is 0 Å². The lowest BCUT2D eigenvalue weighted by Crippen LogP contribution is -2.32. The van der Waals surface area contributed by atoms with Gasteiger partial charge < -0.3 is 20.4 Å². The predicted molar refractivity (Wildman–Crippen MR) is 77.1 cm³/mol. The highest BCUT2D eigenvalue weighted by molar-refractivity contribution is 5.86. The van der Waals surface area contributed by atoms with Crippen LogP contribution in [0.25, 0.3) is 11.1 Å². The molecule has 0 saturated carbocycles. The zero-order valence-electron chi connectivity index (χ0n) is 11.2. The molecule has 0 aliphatic carbocycles. The van der Waals surface area contributed by atoms with Crippen molar-refractivity contribution in [1.29, 1.82) is 0 Å². The number of hydrogen-bond acceptors (Lipinski definition) is 5. The molecule has 3 rings (SSSR count). The monoisotopic (exact) mass is 260 g/mol. The second-order valence-corrected chi connectivity index (χ2v) is 5.34. The number of likely N-dealkylation sites (tertiary alicyclic amines) is 1. The van der Waals surface area contributed by atoms with Crippen LogP contribution in [0.1, 0.15) is 12.8 Å². The molecule has 3 N–H and O–H groups in total. The molecule has 0 radical (unpaired) electrons. The number of para-hydroxylation sites is 1. The number of nitrogen functional groups attached to an aromatic ring is 1. The standard InChI is InChI=1S/C14H20N4O/c1-18-7-5-10(6-8-18)9-16-14-17-13-11(15)3-2-4-12(13)19-14/h2-4,10H,5-9,15H2,1H3,(H,16,17). The third kappa shape index (κ3) is 2.66. The van der Waals surface area contributed by atoms with E-state index in [2.05, 4.69) is 22.2 Å². The largest absolute Gasteiger partial charge is 0.423 e. The van der Waals surface area contributed by atoms with Gasteiger partial charge in [0, 0.05) is 6.54 Å². The molecule has 1 aliphatic heterocycles. The van der Waals surface area contributed by atoms with Gasteiger partial charge in [0.25, 0.3) is 6.01 Å². The molecule has 0 unspecified atom stereocenters. The van der Waals surface area contributed by atoms with E-state index in [1.165, 1.54) is 25.9 Å². The van der Waals surface area contributed by atoms with E-state index in [0.717, 1.165) is 17.6 Å². The molecule has 1 saturated heterocycles. The zero-order valence-corrected chi connectivity index (χ0v) is 11.2. The van der Waals surface area contributed by atoms with Crippen molar-refractivity contribution in [2.45, 2.75) is 12.8 Å². The summed E-state index contributed by atoms with van der Waals surface area (Å²) in [7, 11) is 2.17. The molecule has 5 heteroatoms. The SMILES string of the molecule is CN1CCC(CNc2nc3c(N)cccc3o2)CC1. The molecule has 0 atom stereocenters. The Balaban J connectivity index is 1.64. The van der Waals surface area contributed by atoms with Gasteiger partial charge in [-0.15, -0.1) is 0 Å². The van der Waals surface area contributed by atoms with Gasteiger partial charge >= 0.3 is 0 Å². The van der Waals surface area contributed by atoms with Crippen LogP contribution in [0, 0.1) is 5.92 Å². The molecule has 2 aromatic rings. The summed E-state index contributed by atoms with van der Waals surface area (Å²) in [6, 6.07) is 6.18. The van der Waals surface area contributed by atoms with Crippen molar-refractivity contribution in [2.24, 2.45) is 5.92 Å². The van der Waals surface area contributed by atoms with Crippen LogP contribution in [-0.4, -0.2) is 36.6 Å². The topological polar surface area (TPSA) is 67.3 Å². The number of anilines is 2. The summed E-state index contributed by atoms with van der Waals surface area (Å²) in [5.41, 5.74) is 8.01. The summed E-state index contributed by atoms with van der Waals surface area (Å²) in [5.74, 6) is 0.698. The number of benzene rings is 1. The van der Waals surface area contributed by atoms with Crippen LogP contribution in [0.2, 0.25) is 0 Å². The highest BCUT2D eigenvalue weighted by atomic mass is 16.4. The maximum atomic E-state index is 5.87. The van der Waals surface area contributed by atoms with Gasteiger partial charge in [0.1, 0.15) is 5.52 Å². The fraction of sp³-hybridized carbons (Fsp3) is 0.500. The van der Waals surface area contributed by atoms with Crippen LogP contribution in [0.15, 0.2) is 22.6 Å². The van der Waals surface area contributed by atoms with Gasteiger partial charge in [0.05, 0.1) is 5.69 Å². The Bertz CT molecular complexity index is 558. The average Bonchev–Trinajstić information content (AvgIpc) is 2.83. The molecule has 102 valence electrons. The van der Waals surface area contributed by atoms with E-state index < -0.39 is 0 Å². The Labute approximate surface area is 112 Å². The number of nitrogens with two attached hydrogens (primary N) is 1. The molecule has 0 spiro atoms. The summed E-state index contributed by atoms with van der Waals surface area (Å²) in [6.07, 6.45) is 2.46. The highest BCUT2D eigenvalue weighted by Gasteiger charge is 2.17. The molecule has 5 nitrogen and oxygen atoms in total. The number of piperidine rings is 1. The van der Waals surface area contributed by atoms with E-state index in [0.29, 0.717) is 17.6 Å². The minimum Gasteiger partial charge on any atom is -0.423 e. The smallest absolute Gasteiger partial charge is 0.295 e. The molecular weight excluding hydrogens is 240 g/mol. The van der Waals surface area contributed by atoms with E-state index in [4.69, 9.17) is 10.2 Å². The first-order valence-corrected chi connectivity index (χ1v) is 6.80. The van der Waals surface area contributed by atoms with Crippen molar-refractivity contribution in [1.82, 2.24) is 9.88 Å². The first kappa shape index (κ1) is 12.3. The minimum atomic E-state index is 0.576. The van der Waals surface area contributed by atoms with Crippen molar-refractivity contribution in [2.75, 3.05) is 37.7 Å². The molecule has 1 aromatic carbocycles. The van der Waals surface area contributed by atoms with Crippen LogP contribution in [0.3, 0.4) is 0 Å². The van der Waals surface area contributed by atoms with Crippen molar-refractivity contribution in [3.8, 4) is 0 Å². The lowest BCUT2D eigenvalue weighted by molar-refractivity contribution is 0.225. The molecule has 1 aliphatic rings. The van der Waals surface area contributed by atoms with Gasteiger partial charge in [-0.3, -0.25) is 0 Å². The maximum absolute atomic E-state index is 5.87. The number of aromatic nitrogens is 1. The normalized spacial score (nSPS) is 17.9. The molecule has 19 heavy (non-hydrogen) atoms. The van der Waals surface area contributed by atoms with E-state index in [9.17, 15) is 0 Å². The van der Waals surface area contributed by atoms with E-state index >= 15 is 0 Å². The second-order valence-electron chi connectivity index (χ2n) is 5.34. The molecule has 0 amide bonds. The Morgan fingerprint density at radius 3 is 2.95 bits per heavy atom. The van der Waals surface area contributed by atoms with Gasteiger partial charge in [-0.1, -0.05) is 6.07 Å². The van der Waals surface area contributed by atoms with Gasteiger partial charge in [0.15, 0.2) is 5.58 Å². The number of fused-ring (bicyclic) bond motifs is 1. The summed E-state index contributed by atoms with van der Waals surface area (Å²) < 4.78 is 5.65. The van der Waals surface area contributed by atoms with E-state index in [1.807, 2.05) is 18.2 Å². The second kappa shape index (κ2) is 5.09. The number of oxazole rings is 1. The number of rotatable bonds is 3. The Morgan fingerprint density at radius 1 is 1.42 bits per heavy atom. The molecule has 0 bridgehead atoms. The highest BCUT2D eigenvalue weighted by Crippen LogP contribution is 2.24. The fourth-order valence-electron chi connectivity index (χ4n) is 2.54. The summed E-state index contributed by atoms with van der Waals surface area (Å²) in [4.78, 5) is 6.77. The number of hydrogen-bond donors (Lipinski definition) is 2. The zero-order chi connectivity index (χ0) is 13.2. The molecule has 1 aromatic heterocycles. The van der Waals surface area contributed by atoms with Crippen LogP contribution < -0.4 is 11.1 Å². The average molecular weight is 260 g/mol. The Morgan fingerprint density at radius 2 is 2.21 bits per heavy atom. The van der Waals surface area contributed by atoms with E-state index in [-0.39, 0.29) is 0 Å². The summed E-state index contributed by atoms with van der Waals surface area (Å²) in [5, 5.41) is 3.29. The van der Waals surface area contributed by atoms with Crippen LogP contribution in [-0.2, 0) is 0 Å². The first-order chi connectivity index (χ1) is 9.22. The molecular formula is C14H20N4O. The van der Waals surface area contributed by atoms with Crippen molar-refractivity contribution in [3.05, 3.63) is 18.2 Å². The Hall–Kier alpha value is -1.75. The minimum absolute atomic E-state index is 0.576. The maximum Gasteiger partial charge on any atom is 0.295 e. The van der Waals surface area contributed by atoms with Crippen LogP contribution in [0.5, 0.6) is 0 Å². The fourth-order valence-corrected chi connectivity index (χ4v) is 2.54. The predicted octanol–water partition coefficient (Wildman–Crippen LogP) is 2.16. The third-order valence-electron chi connectivity index (χ3n) is 3.83. The lowest BCUT2D eigenvalue weighted by atomic mass is 9.97. The van der Waals surface area contributed by atoms with Crippen molar-refractivity contribution >= 4 is 22.8 Å². The number of nitrogens with zero attached hydrogens (tertiary/aromatic N) is 2. The molecule has 1 fully saturated rings. The first-order valence-electron chi connectivity index (χ1n) is 6.80. The third-order valence-corrected chi connectivity index (χ3v) is 3.83. The van der Waals surface area contributed by atoms with Crippen molar-refractivity contribution < 1.29 is 4.42 Å². The Kier molecular flexibility index (Phi) is 3.29. The van der Waals surface area contributed by atoms with E-state index in [1.54, 1.807) is 0 Å². The van der Waals surface area contributed by atoms with Crippen LogP contribution in [0.4, 0.5) is 11.7 Å². The summed E-state index contributed by atoms with van der Waals surface area (Å²) >= 11 is 0. The lowest BCUT2D eigenvalue weighted by Gasteiger charge is -2.28. The van der Waals surface area contributed by atoms with Gasteiger partial charge in [-0.25, -0.2) is 0 Å². The number of nitrogens with one attached hydrogen (secondary N) is 1.